The molecule has 30 heavy (non-hydrogen) atoms. The average Bonchev–Trinajstić information content (AvgIpc) is 3.42. The fourth-order valence-electron chi connectivity index (χ4n) is 3.45. The number of fused-ring (bicyclic) bond motifs is 1. The van der Waals surface area contributed by atoms with Gasteiger partial charge in [-0.3, -0.25) is 4.79 Å². The smallest absolute Gasteiger partial charge is 0.340 e. The number of anilines is 1. The van der Waals surface area contributed by atoms with Crippen LogP contribution in [0.15, 0.2) is 12.1 Å². The molecule has 1 N–H and O–H groups in total. The molecule has 1 fully saturated rings. The number of nitrogens with one attached hydrogen (secondary N) is 1. The molecule has 7 nitrogen and oxygen atoms in total. The van der Waals surface area contributed by atoms with Crippen LogP contribution in [0.4, 0.5) is 13.8 Å². The number of carbonyl (C=O) groups is 2. The fraction of sp³-hybridized carbons (Fsp3) is 0.400. The third-order valence-electron chi connectivity index (χ3n) is 4.97. The van der Waals surface area contributed by atoms with Crippen LogP contribution in [-0.2, 0) is 16.1 Å². The third kappa shape index (κ3) is 3.79. The van der Waals surface area contributed by atoms with E-state index in [-0.39, 0.29) is 34.6 Å². The van der Waals surface area contributed by atoms with Crippen molar-refractivity contribution in [3.8, 4) is 0 Å². The Morgan fingerprint density at radius 1 is 1.33 bits per heavy atom. The van der Waals surface area contributed by atoms with Gasteiger partial charge in [-0.05, 0) is 38.8 Å². The van der Waals surface area contributed by atoms with Gasteiger partial charge in [-0.15, -0.1) is 11.3 Å². The number of carbonyl (C=O) groups excluding carboxylic acids is 2. The molecule has 0 atom stereocenters. The summed E-state index contributed by atoms with van der Waals surface area (Å²) in [5.74, 6) is -0.808. The highest BCUT2D eigenvalue weighted by atomic mass is 32.1. The highest BCUT2D eigenvalue weighted by Gasteiger charge is 2.29. The van der Waals surface area contributed by atoms with Crippen molar-refractivity contribution in [3.63, 3.8) is 0 Å². The Bertz CT molecular complexity index is 1150. The third-order valence-corrected chi connectivity index (χ3v) is 5.93. The molecule has 158 valence electrons. The maximum atomic E-state index is 13.7. The van der Waals surface area contributed by atoms with Crippen molar-refractivity contribution < 1.29 is 23.1 Å². The first-order valence-electron chi connectivity index (χ1n) is 9.43. The number of amides is 1. The molecule has 1 saturated carbocycles. The van der Waals surface area contributed by atoms with Crippen LogP contribution in [0, 0.1) is 13.8 Å². The number of aryl methyl sites for hydroxylation is 2. The summed E-state index contributed by atoms with van der Waals surface area (Å²) in [4.78, 5) is 29.9. The van der Waals surface area contributed by atoms with E-state index in [1.807, 2.05) is 6.92 Å². The van der Waals surface area contributed by atoms with Crippen molar-refractivity contribution in [3.05, 3.63) is 39.5 Å². The van der Waals surface area contributed by atoms with Gasteiger partial charge in [0.15, 0.2) is 5.65 Å². The van der Waals surface area contributed by atoms with Crippen LogP contribution in [0.1, 0.15) is 57.4 Å². The number of aromatic nitrogens is 3. The molecule has 0 spiro atoms. The fourth-order valence-corrected chi connectivity index (χ4v) is 4.36. The summed E-state index contributed by atoms with van der Waals surface area (Å²) in [6, 6.07) is 3.10. The van der Waals surface area contributed by atoms with Gasteiger partial charge >= 0.3 is 5.97 Å². The second-order valence-electron chi connectivity index (χ2n) is 7.29. The summed E-state index contributed by atoms with van der Waals surface area (Å²) >= 11 is 1.25. The van der Waals surface area contributed by atoms with E-state index < -0.39 is 18.3 Å². The Balaban J connectivity index is 1.66. The summed E-state index contributed by atoms with van der Waals surface area (Å²) < 4.78 is 33.4. The van der Waals surface area contributed by atoms with E-state index in [1.54, 1.807) is 13.0 Å². The zero-order chi connectivity index (χ0) is 21.6. The molecule has 0 radical (unpaired) electrons. The van der Waals surface area contributed by atoms with E-state index in [0.29, 0.717) is 16.4 Å². The molecule has 1 aliphatic rings. The molecule has 4 rings (SSSR count). The quantitative estimate of drug-likeness (QED) is 0.583. The van der Waals surface area contributed by atoms with E-state index in [4.69, 9.17) is 4.74 Å². The lowest BCUT2D eigenvalue weighted by molar-refractivity contribution is -0.116. The molecular formula is C20H20F2N4O3S. The lowest BCUT2D eigenvalue weighted by atomic mass is 10.1. The number of hydrogen-bond donors (Lipinski definition) is 1. The van der Waals surface area contributed by atoms with E-state index in [9.17, 15) is 18.4 Å². The van der Waals surface area contributed by atoms with Gasteiger partial charge in [0.25, 0.3) is 6.43 Å². The second-order valence-corrected chi connectivity index (χ2v) is 8.55. The average molecular weight is 434 g/mol. The zero-order valence-corrected chi connectivity index (χ0v) is 17.5. The number of methoxy groups -OCH3 is 1. The first-order valence-corrected chi connectivity index (χ1v) is 10.2. The summed E-state index contributed by atoms with van der Waals surface area (Å²) in [6.07, 6.45) is -0.819. The van der Waals surface area contributed by atoms with Crippen LogP contribution in [0.2, 0.25) is 0 Å². The monoisotopic (exact) mass is 434 g/mol. The zero-order valence-electron chi connectivity index (χ0n) is 16.7. The molecule has 10 heteroatoms. The first kappa shape index (κ1) is 20.4. The minimum Gasteiger partial charge on any atom is -0.465 e. The maximum absolute atomic E-state index is 13.7. The summed E-state index contributed by atoms with van der Waals surface area (Å²) in [5.41, 5.74) is 1.45. The number of pyridine rings is 1. The van der Waals surface area contributed by atoms with Crippen molar-refractivity contribution >= 4 is 39.2 Å². The summed E-state index contributed by atoms with van der Waals surface area (Å²) in [6.45, 7) is 3.22. The van der Waals surface area contributed by atoms with Crippen LogP contribution in [0.5, 0.6) is 0 Å². The van der Waals surface area contributed by atoms with Gasteiger partial charge in [-0.25, -0.2) is 23.2 Å². The van der Waals surface area contributed by atoms with E-state index in [0.717, 1.165) is 17.7 Å². The van der Waals surface area contributed by atoms with Gasteiger partial charge < -0.3 is 10.1 Å². The number of esters is 1. The normalized spacial score (nSPS) is 13.8. The number of nitrogens with zero attached hydrogens (tertiary/aromatic N) is 3. The van der Waals surface area contributed by atoms with Crippen LogP contribution in [0.3, 0.4) is 0 Å². The van der Waals surface area contributed by atoms with Crippen molar-refractivity contribution in [2.75, 3.05) is 12.4 Å². The molecule has 0 bridgehead atoms. The number of hydrogen-bond acceptors (Lipinski definition) is 6. The van der Waals surface area contributed by atoms with Crippen LogP contribution < -0.4 is 5.32 Å². The van der Waals surface area contributed by atoms with Gasteiger partial charge in [0.2, 0.25) is 5.91 Å². The van der Waals surface area contributed by atoms with Gasteiger partial charge in [0.05, 0.1) is 23.8 Å². The molecule has 0 unspecified atom stereocenters. The Morgan fingerprint density at radius 3 is 2.70 bits per heavy atom. The minimum absolute atomic E-state index is 0.104. The molecule has 1 aliphatic carbocycles. The van der Waals surface area contributed by atoms with Crippen molar-refractivity contribution in [1.29, 1.82) is 0 Å². The largest absolute Gasteiger partial charge is 0.465 e. The predicted octanol–water partition coefficient (Wildman–Crippen LogP) is 4.35. The SMILES string of the molecule is COC(=O)c1cc(C)sc1NC(=O)Cn1nc(C)c2c(C(F)F)cc(C3CC3)nc21. The second kappa shape index (κ2) is 7.75. The predicted molar refractivity (Wildman–Crippen MR) is 108 cm³/mol. The molecule has 3 heterocycles. The van der Waals surface area contributed by atoms with Gasteiger partial charge in [-0.2, -0.15) is 5.10 Å². The molecule has 1 amide bonds. The van der Waals surface area contributed by atoms with Crippen molar-refractivity contribution in [2.24, 2.45) is 0 Å². The highest BCUT2D eigenvalue weighted by molar-refractivity contribution is 7.16. The van der Waals surface area contributed by atoms with E-state index >= 15 is 0 Å². The van der Waals surface area contributed by atoms with Crippen LogP contribution >= 0.6 is 11.3 Å². The number of alkyl halides is 2. The van der Waals surface area contributed by atoms with Gasteiger partial charge in [0, 0.05) is 22.1 Å². The number of thiophene rings is 1. The molecule has 0 saturated heterocycles. The molecule has 3 aromatic rings. The van der Waals surface area contributed by atoms with Crippen LogP contribution in [0.25, 0.3) is 11.0 Å². The topological polar surface area (TPSA) is 86.1 Å². The van der Waals surface area contributed by atoms with E-state index in [2.05, 4.69) is 15.4 Å². The van der Waals surface area contributed by atoms with Crippen molar-refractivity contribution in [2.45, 2.75) is 45.6 Å². The van der Waals surface area contributed by atoms with Gasteiger partial charge in [-0.1, -0.05) is 0 Å². The minimum atomic E-state index is -2.66. The molecule has 0 aliphatic heterocycles. The number of rotatable bonds is 6. The number of ether oxygens (including phenoxy) is 1. The Hall–Kier alpha value is -2.88. The Kier molecular flexibility index (Phi) is 5.27. The molecule has 3 aromatic heterocycles. The maximum Gasteiger partial charge on any atom is 0.340 e. The molecule has 0 aromatic carbocycles. The summed E-state index contributed by atoms with van der Waals surface area (Å²) in [7, 11) is 1.27. The van der Waals surface area contributed by atoms with Crippen molar-refractivity contribution in [1.82, 2.24) is 14.8 Å². The Morgan fingerprint density at radius 2 is 2.07 bits per heavy atom. The van der Waals surface area contributed by atoms with Crippen LogP contribution in [-0.4, -0.2) is 33.8 Å². The molecular weight excluding hydrogens is 414 g/mol. The lowest BCUT2D eigenvalue weighted by Gasteiger charge is -2.08. The first-order chi connectivity index (χ1) is 14.3. The summed E-state index contributed by atoms with van der Waals surface area (Å²) in [5, 5.41) is 7.64. The standard InChI is InChI=1S/C20H20F2N4O3S/c1-9-6-13(20(28)29-3)19(30-9)24-15(27)8-26-18-16(10(2)25-26)12(17(21)22)7-14(23-18)11-4-5-11/h6-7,11,17H,4-5,8H2,1-3H3,(H,24,27). The van der Waals surface area contributed by atoms with E-state index in [1.165, 1.54) is 29.2 Å². The Labute approximate surface area is 175 Å². The van der Waals surface area contributed by atoms with Gasteiger partial charge in [0.1, 0.15) is 11.5 Å². The highest BCUT2D eigenvalue weighted by Crippen LogP contribution is 2.42. The number of halogens is 2. The lowest BCUT2D eigenvalue weighted by Crippen LogP contribution is -2.20.